The van der Waals surface area contributed by atoms with E-state index in [1.54, 1.807) is 0 Å². The van der Waals surface area contributed by atoms with Gasteiger partial charge in [0.15, 0.2) is 0 Å². The molecule has 1 atom stereocenters. The zero-order valence-electron chi connectivity index (χ0n) is 13.9. The zero-order valence-corrected chi connectivity index (χ0v) is 14.8. The Balaban J connectivity index is 5.12. The van der Waals surface area contributed by atoms with Gasteiger partial charge in [-0.05, 0) is 34.2 Å². The summed E-state index contributed by atoms with van der Waals surface area (Å²) in [4.78, 5) is 0. The van der Waals surface area contributed by atoms with Crippen LogP contribution in [0.3, 0.4) is 0 Å². The van der Waals surface area contributed by atoms with Crippen molar-refractivity contribution < 1.29 is 0 Å². The lowest BCUT2D eigenvalue weighted by Crippen LogP contribution is -2.34. The average Bonchev–Trinajstić information content (AvgIpc) is 2.12. The van der Waals surface area contributed by atoms with E-state index in [4.69, 9.17) is 0 Å². The van der Waals surface area contributed by atoms with Crippen LogP contribution in [0.1, 0.15) is 75.7 Å². The van der Waals surface area contributed by atoms with E-state index in [0.29, 0.717) is 15.7 Å². The van der Waals surface area contributed by atoms with E-state index in [1.165, 1.54) is 12.6 Å². The Hall–Kier alpha value is 0.430. The highest BCUT2D eigenvalue weighted by molar-refractivity contribution is 7.60. The molecule has 0 heterocycles. The van der Waals surface area contributed by atoms with Crippen LogP contribution in [0.5, 0.6) is 0 Å². The monoisotopic (exact) mass is 258 g/mol. The highest BCUT2D eigenvalue weighted by Crippen LogP contribution is 2.63. The zero-order chi connectivity index (χ0) is 14.1. The SMILES string of the molecule is CCC(C)(C)P(CC(C)(C)C(C)C)C(C)(C)C. The van der Waals surface area contributed by atoms with Gasteiger partial charge in [0.25, 0.3) is 0 Å². The molecule has 0 aliphatic heterocycles. The maximum Gasteiger partial charge on any atom is -0.0149 e. The van der Waals surface area contributed by atoms with Crippen LogP contribution in [0.15, 0.2) is 0 Å². The second-order valence-corrected chi connectivity index (χ2v) is 11.8. The molecule has 0 saturated heterocycles. The molecule has 0 rings (SSSR count). The molecule has 0 amide bonds. The molecule has 0 aromatic rings. The first-order chi connectivity index (χ1) is 7.34. The Kier molecular flexibility index (Phi) is 5.74. The summed E-state index contributed by atoms with van der Waals surface area (Å²) < 4.78 is 0. The van der Waals surface area contributed by atoms with Crippen molar-refractivity contribution in [2.45, 2.75) is 86.0 Å². The minimum Gasteiger partial charge on any atom is -0.0948 e. The van der Waals surface area contributed by atoms with E-state index < -0.39 is 0 Å². The molecule has 0 fully saturated rings. The molecular weight excluding hydrogens is 223 g/mol. The van der Waals surface area contributed by atoms with E-state index in [2.05, 4.69) is 69.2 Å². The van der Waals surface area contributed by atoms with Gasteiger partial charge in [0.05, 0.1) is 0 Å². The lowest BCUT2D eigenvalue weighted by Gasteiger charge is -2.48. The van der Waals surface area contributed by atoms with E-state index >= 15 is 0 Å². The predicted octanol–water partition coefficient (Wildman–Crippen LogP) is 6.14. The molecule has 0 spiro atoms. The molecule has 0 radical (unpaired) electrons. The topological polar surface area (TPSA) is 0 Å². The summed E-state index contributed by atoms with van der Waals surface area (Å²) in [6.45, 7) is 24.2. The minimum atomic E-state index is 0.0345. The van der Waals surface area contributed by atoms with Gasteiger partial charge in [-0.25, -0.2) is 0 Å². The van der Waals surface area contributed by atoms with Crippen molar-refractivity contribution in [3.63, 3.8) is 0 Å². The summed E-state index contributed by atoms with van der Waals surface area (Å²) in [6.07, 6.45) is 2.69. The van der Waals surface area contributed by atoms with Gasteiger partial charge in [-0.2, -0.15) is 0 Å². The molecule has 1 unspecified atom stereocenters. The Morgan fingerprint density at radius 3 is 1.53 bits per heavy atom. The van der Waals surface area contributed by atoms with Gasteiger partial charge in [0.1, 0.15) is 0 Å². The Labute approximate surface area is 112 Å². The van der Waals surface area contributed by atoms with Crippen LogP contribution >= 0.6 is 7.92 Å². The highest BCUT2D eigenvalue weighted by atomic mass is 31.1. The molecule has 0 aromatic carbocycles. The molecule has 0 bridgehead atoms. The molecule has 17 heavy (non-hydrogen) atoms. The van der Waals surface area contributed by atoms with Gasteiger partial charge in [-0.15, -0.1) is 0 Å². The molecule has 104 valence electrons. The molecule has 0 saturated carbocycles. The Morgan fingerprint density at radius 2 is 1.29 bits per heavy atom. The highest BCUT2D eigenvalue weighted by Gasteiger charge is 2.40. The van der Waals surface area contributed by atoms with Crippen LogP contribution in [0, 0.1) is 11.3 Å². The fourth-order valence-corrected chi connectivity index (χ4v) is 6.42. The maximum absolute atomic E-state index is 2.47. The fraction of sp³-hybridized carbons (Fsp3) is 1.00. The summed E-state index contributed by atoms with van der Waals surface area (Å²) in [6, 6.07) is 0. The fourth-order valence-electron chi connectivity index (χ4n) is 2.14. The van der Waals surface area contributed by atoms with Gasteiger partial charge in [0, 0.05) is 0 Å². The third kappa shape index (κ3) is 4.90. The molecule has 0 aliphatic rings. The standard InChI is InChI=1S/C16H35P/c1-11-16(9,10)17(14(4,5)6)12-15(7,8)13(2)3/h13H,11-12H2,1-10H3. The van der Waals surface area contributed by atoms with Gasteiger partial charge >= 0.3 is 0 Å². The lowest BCUT2D eigenvalue weighted by molar-refractivity contribution is 0.286. The van der Waals surface area contributed by atoms with Crippen LogP contribution in [0.2, 0.25) is 0 Å². The van der Waals surface area contributed by atoms with Crippen molar-refractivity contribution in [1.29, 1.82) is 0 Å². The number of hydrogen-bond acceptors (Lipinski definition) is 0. The van der Waals surface area contributed by atoms with Crippen molar-refractivity contribution in [1.82, 2.24) is 0 Å². The average molecular weight is 258 g/mol. The molecule has 0 aromatic heterocycles. The van der Waals surface area contributed by atoms with Crippen LogP contribution in [-0.2, 0) is 0 Å². The summed E-state index contributed by atoms with van der Waals surface area (Å²) in [5.74, 6) is 0.766. The van der Waals surface area contributed by atoms with Crippen molar-refractivity contribution in [3.8, 4) is 0 Å². The van der Waals surface area contributed by atoms with Crippen molar-refractivity contribution in [2.75, 3.05) is 6.16 Å². The second-order valence-electron chi connectivity index (χ2n) is 8.07. The molecule has 0 N–H and O–H groups in total. The molecule has 0 aliphatic carbocycles. The Morgan fingerprint density at radius 1 is 0.882 bits per heavy atom. The number of hydrogen-bond donors (Lipinski definition) is 0. The molecule has 0 nitrogen and oxygen atoms in total. The summed E-state index contributed by atoms with van der Waals surface area (Å²) in [7, 11) is 0.0345. The van der Waals surface area contributed by atoms with Gasteiger partial charge < -0.3 is 0 Å². The van der Waals surface area contributed by atoms with E-state index in [9.17, 15) is 0 Å². The first-order valence-electron chi connectivity index (χ1n) is 7.12. The first kappa shape index (κ1) is 17.4. The van der Waals surface area contributed by atoms with E-state index in [0.717, 1.165) is 5.92 Å². The minimum absolute atomic E-state index is 0.0345. The Bertz CT molecular complexity index is 230. The third-order valence-corrected chi connectivity index (χ3v) is 9.06. The maximum atomic E-state index is 2.47. The third-order valence-electron chi connectivity index (χ3n) is 4.53. The van der Waals surface area contributed by atoms with Crippen LogP contribution in [0.25, 0.3) is 0 Å². The largest absolute Gasteiger partial charge is 0.0948 e. The number of rotatable bonds is 5. The van der Waals surface area contributed by atoms with Crippen LogP contribution in [-0.4, -0.2) is 16.5 Å². The summed E-state index contributed by atoms with van der Waals surface area (Å²) >= 11 is 0. The van der Waals surface area contributed by atoms with Gasteiger partial charge in [-0.3, -0.25) is 0 Å². The van der Waals surface area contributed by atoms with E-state index in [1.807, 2.05) is 0 Å². The molecular formula is C16H35P. The smallest absolute Gasteiger partial charge is 0.0149 e. The first-order valence-corrected chi connectivity index (χ1v) is 8.65. The van der Waals surface area contributed by atoms with Crippen LogP contribution in [0.4, 0.5) is 0 Å². The van der Waals surface area contributed by atoms with Crippen LogP contribution < -0.4 is 0 Å². The van der Waals surface area contributed by atoms with Crippen molar-refractivity contribution in [2.24, 2.45) is 11.3 Å². The van der Waals surface area contributed by atoms with Gasteiger partial charge in [-0.1, -0.05) is 77.2 Å². The second kappa shape index (κ2) is 5.60. The quantitative estimate of drug-likeness (QED) is 0.520. The van der Waals surface area contributed by atoms with Gasteiger partial charge in [0.2, 0.25) is 0 Å². The molecule has 1 heteroatoms. The van der Waals surface area contributed by atoms with Crippen molar-refractivity contribution >= 4 is 7.92 Å². The summed E-state index contributed by atoms with van der Waals surface area (Å²) in [5, 5.41) is 0.959. The van der Waals surface area contributed by atoms with E-state index in [-0.39, 0.29) is 7.92 Å². The normalized spacial score (nSPS) is 16.4. The summed E-state index contributed by atoms with van der Waals surface area (Å²) in [5.41, 5.74) is 0.464. The lowest BCUT2D eigenvalue weighted by atomic mass is 9.83. The predicted molar refractivity (Wildman–Crippen MR) is 84.5 cm³/mol. The van der Waals surface area contributed by atoms with Crippen molar-refractivity contribution in [3.05, 3.63) is 0 Å².